The van der Waals surface area contributed by atoms with Crippen LogP contribution in [0.5, 0.6) is 0 Å². The van der Waals surface area contributed by atoms with Crippen molar-refractivity contribution in [1.82, 2.24) is 5.16 Å². The minimum atomic E-state index is 0.0602. The van der Waals surface area contributed by atoms with Crippen molar-refractivity contribution in [3.8, 4) is 22.5 Å². The molecule has 1 aromatic heterocycles. The Bertz CT molecular complexity index is 1040. The summed E-state index contributed by atoms with van der Waals surface area (Å²) in [5.74, 6) is 0.832. The van der Waals surface area contributed by atoms with Crippen molar-refractivity contribution in [3.63, 3.8) is 0 Å². The number of aryl methyl sites for hydroxylation is 1. The van der Waals surface area contributed by atoms with Gasteiger partial charge < -0.3 is 9.26 Å². The van der Waals surface area contributed by atoms with Crippen LogP contribution >= 0.6 is 0 Å². The highest BCUT2D eigenvalue weighted by Crippen LogP contribution is 2.29. The van der Waals surface area contributed by atoms with Crippen LogP contribution in [-0.2, 0) is 11.2 Å². The number of ether oxygens (including phenoxy) is 1. The Labute approximate surface area is 172 Å². The van der Waals surface area contributed by atoms with Crippen molar-refractivity contribution in [3.05, 3.63) is 102 Å². The molecular weight excluding hydrogens is 358 g/mol. The average molecular weight is 383 g/mol. The molecule has 1 atom stereocenters. The van der Waals surface area contributed by atoms with Crippen molar-refractivity contribution >= 4 is 0 Å². The van der Waals surface area contributed by atoms with Gasteiger partial charge in [-0.15, -0.1) is 0 Å². The summed E-state index contributed by atoms with van der Waals surface area (Å²) in [5, 5.41) is 4.20. The number of hydrogen-bond donors (Lipinski definition) is 0. The fraction of sp³-hybridized carbons (Fsp3) is 0.192. The van der Waals surface area contributed by atoms with Crippen molar-refractivity contribution in [2.45, 2.75) is 26.4 Å². The van der Waals surface area contributed by atoms with Gasteiger partial charge in [0.25, 0.3) is 0 Å². The highest BCUT2D eigenvalue weighted by atomic mass is 16.5. The summed E-state index contributed by atoms with van der Waals surface area (Å²) >= 11 is 0. The first kappa shape index (κ1) is 19.2. The molecule has 3 nitrogen and oxygen atoms in total. The molecule has 0 amide bonds. The molecule has 0 fully saturated rings. The maximum absolute atomic E-state index is 6.05. The molecule has 0 aliphatic heterocycles. The van der Waals surface area contributed by atoms with Gasteiger partial charge in [0.15, 0.2) is 5.76 Å². The van der Waals surface area contributed by atoms with Crippen molar-refractivity contribution in [1.29, 1.82) is 0 Å². The van der Waals surface area contributed by atoms with Crippen LogP contribution in [-0.4, -0.2) is 11.8 Å². The number of rotatable bonds is 7. The SMILES string of the molecule is Cc1noc(-c2ccc(-c3ccccc3)cc2)c1CCOC(C)c1ccccc1. The molecule has 146 valence electrons. The predicted octanol–water partition coefficient (Wildman–Crippen LogP) is 6.64. The normalized spacial score (nSPS) is 12.1. The van der Waals surface area contributed by atoms with Crippen LogP contribution in [0.15, 0.2) is 89.5 Å². The van der Waals surface area contributed by atoms with E-state index in [1.54, 1.807) is 0 Å². The fourth-order valence-electron chi connectivity index (χ4n) is 3.51. The van der Waals surface area contributed by atoms with Crippen molar-refractivity contribution in [2.24, 2.45) is 0 Å². The van der Waals surface area contributed by atoms with E-state index in [0.29, 0.717) is 6.61 Å². The smallest absolute Gasteiger partial charge is 0.170 e. The molecule has 4 rings (SSSR count). The van der Waals surface area contributed by atoms with Gasteiger partial charge in [-0.05, 0) is 30.5 Å². The van der Waals surface area contributed by atoms with Gasteiger partial charge in [-0.1, -0.05) is 90.1 Å². The molecule has 0 radical (unpaired) electrons. The monoisotopic (exact) mass is 383 g/mol. The first-order valence-corrected chi connectivity index (χ1v) is 10.00. The maximum Gasteiger partial charge on any atom is 0.170 e. The van der Waals surface area contributed by atoms with Gasteiger partial charge in [-0.2, -0.15) is 0 Å². The van der Waals surface area contributed by atoms with Gasteiger partial charge in [0.2, 0.25) is 0 Å². The third-order valence-corrected chi connectivity index (χ3v) is 5.23. The minimum absolute atomic E-state index is 0.0602. The molecule has 0 aliphatic rings. The van der Waals surface area contributed by atoms with Crippen LogP contribution in [0.25, 0.3) is 22.5 Å². The van der Waals surface area contributed by atoms with Crippen LogP contribution < -0.4 is 0 Å². The minimum Gasteiger partial charge on any atom is -0.373 e. The second-order valence-electron chi connectivity index (χ2n) is 7.19. The van der Waals surface area contributed by atoms with E-state index in [1.807, 2.05) is 31.2 Å². The lowest BCUT2D eigenvalue weighted by Gasteiger charge is -2.13. The number of aromatic nitrogens is 1. The molecule has 0 bridgehead atoms. The zero-order valence-electron chi connectivity index (χ0n) is 16.8. The Morgan fingerprint density at radius 3 is 2.07 bits per heavy atom. The van der Waals surface area contributed by atoms with Gasteiger partial charge in [0.1, 0.15) is 0 Å². The first-order chi connectivity index (χ1) is 14.2. The van der Waals surface area contributed by atoms with Crippen LogP contribution in [0.2, 0.25) is 0 Å². The molecule has 1 heterocycles. The summed E-state index contributed by atoms with van der Waals surface area (Å²) in [7, 11) is 0. The molecule has 1 unspecified atom stereocenters. The van der Waals surface area contributed by atoms with E-state index >= 15 is 0 Å². The molecule has 0 N–H and O–H groups in total. The van der Waals surface area contributed by atoms with E-state index < -0.39 is 0 Å². The number of hydrogen-bond acceptors (Lipinski definition) is 3. The number of benzene rings is 3. The lowest BCUT2D eigenvalue weighted by Crippen LogP contribution is -2.04. The van der Waals surface area contributed by atoms with Gasteiger partial charge in [-0.3, -0.25) is 0 Å². The van der Waals surface area contributed by atoms with Crippen molar-refractivity contribution in [2.75, 3.05) is 6.61 Å². The summed E-state index contributed by atoms with van der Waals surface area (Å²) in [4.78, 5) is 0. The van der Waals surface area contributed by atoms with Gasteiger partial charge in [0, 0.05) is 17.5 Å². The van der Waals surface area contributed by atoms with E-state index in [9.17, 15) is 0 Å². The Balaban J connectivity index is 1.46. The Morgan fingerprint density at radius 2 is 1.38 bits per heavy atom. The molecule has 3 aromatic carbocycles. The topological polar surface area (TPSA) is 35.3 Å². The quantitative estimate of drug-likeness (QED) is 0.359. The largest absolute Gasteiger partial charge is 0.373 e. The molecule has 0 saturated carbocycles. The van der Waals surface area contributed by atoms with E-state index in [4.69, 9.17) is 9.26 Å². The lowest BCUT2D eigenvalue weighted by molar-refractivity contribution is 0.0681. The van der Waals surface area contributed by atoms with Gasteiger partial charge in [0.05, 0.1) is 18.4 Å². The van der Waals surface area contributed by atoms with Gasteiger partial charge in [-0.25, -0.2) is 0 Å². The summed E-state index contributed by atoms with van der Waals surface area (Å²) in [6, 6.07) is 29.1. The summed E-state index contributed by atoms with van der Waals surface area (Å²) in [6.07, 6.45) is 0.826. The summed E-state index contributed by atoms with van der Waals surface area (Å²) in [6.45, 7) is 4.69. The first-order valence-electron chi connectivity index (χ1n) is 10.00. The second kappa shape index (κ2) is 8.89. The standard InChI is InChI=1S/C26H25NO2/c1-19-25(17-18-28-20(2)21-9-5-3-6-10-21)26(29-27-19)24-15-13-23(14-16-24)22-11-7-4-8-12-22/h3-16,20H,17-18H2,1-2H3. The Hall–Kier alpha value is -3.17. The zero-order chi connectivity index (χ0) is 20.1. The van der Waals surface area contributed by atoms with E-state index in [2.05, 4.69) is 72.7 Å². The predicted molar refractivity (Wildman–Crippen MR) is 117 cm³/mol. The summed E-state index contributed by atoms with van der Waals surface area (Å²) < 4.78 is 11.7. The molecule has 29 heavy (non-hydrogen) atoms. The lowest BCUT2D eigenvalue weighted by atomic mass is 10.0. The highest BCUT2D eigenvalue weighted by molar-refractivity contribution is 5.69. The molecule has 0 saturated heterocycles. The summed E-state index contributed by atoms with van der Waals surface area (Å²) in [5.41, 5.74) is 6.65. The molecule has 4 aromatic rings. The van der Waals surface area contributed by atoms with Crippen LogP contribution in [0, 0.1) is 6.92 Å². The van der Waals surface area contributed by atoms with Gasteiger partial charge >= 0.3 is 0 Å². The zero-order valence-corrected chi connectivity index (χ0v) is 16.8. The molecule has 0 aliphatic carbocycles. The van der Waals surface area contributed by atoms with E-state index in [-0.39, 0.29) is 6.10 Å². The fourth-order valence-corrected chi connectivity index (χ4v) is 3.51. The van der Waals surface area contributed by atoms with E-state index in [1.165, 1.54) is 16.7 Å². The highest BCUT2D eigenvalue weighted by Gasteiger charge is 2.16. The van der Waals surface area contributed by atoms with Crippen molar-refractivity contribution < 1.29 is 9.26 Å². The average Bonchev–Trinajstić information content (AvgIpc) is 3.15. The van der Waals surface area contributed by atoms with E-state index in [0.717, 1.165) is 29.0 Å². The molecular formula is C26H25NO2. The Morgan fingerprint density at radius 1 is 0.793 bits per heavy atom. The second-order valence-corrected chi connectivity index (χ2v) is 7.19. The van der Waals surface area contributed by atoms with Crippen LogP contribution in [0.4, 0.5) is 0 Å². The maximum atomic E-state index is 6.05. The molecule has 0 spiro atoms. The Kier molecular flexibility index (Phi) is 5.87. The van der Waals surface area contributed by atoms with Crippen LogP contribution in [0.1, 0.15) is 29.8 Å². The number of nitrogens with zero attached hydrogens (tertiary/aromatic N) is 1. The third-order valence-electron chi connectivity index (χ3n) is 5.23. The van der Waals surface area contributed by atoms with Crippen LogP contribution in [0.3, 0.4) is 0 Å². The third kappa shape index (κ3) is 4.47. The molecule has 3 heteroatoms.